The normalized spacial score (nSPS) is 12.4. The Balaban J connectivity index is 4.54. The molecule has 0 aromatic carbocycles. The Morgan fingerprint density at radius 3 is 2.12 bits per heavy atom. The maximum atomic E-state index is 11.2. The fourth-order valence-corrected chi connectivity index (χ4v) is 3.16. The molecular weight excluding hydrogens is 263 g/mol. The van der Waals surface area contributed by atoms with E-state index in [1.165, 1.54) is 6.08 Å². The van der Waals surface area contributed by atoms with Crippen LogP contribution < -0.4 is 0 Å². The molecule has 0 aliphatic carbocycles. The monoisotopic (exact) mass is 282 g/mol. The summed E-state index contributed by atoms with van der Waals surface area (Å²) in [5.41, 5.74) is 0. The van der Waals surface area contributed by atoms with Gasteiger partial charge in [-0.15, -0.1) is 0 Å². The molecule has 7 heteroatoms. The fourth-order valence-electron chi connectivity index (χ4n) is 0.959. The number of carbonyl (C=O) groups is 1. The summed E-state index contributed by atoms with van der Waals surface area (Å²) >= 11 is 5.15. The van der Waals surface area contributed by atoms with Crippen molar-refractivity contribution >= 4 is 24.5 Å². The lowest BCUT2D eigenvalue weighted by atomic mass is 10.5. The second kappa shape index (κ2) is 8.64. The third kappa shape index (κ3) is 7.49. The zero-order chi connectivity index (χ0) is 13.3. The lowest BCUT2D eigenvalue weighted by Gasteiger charge is -2.21. The fraction of sp³-hybridized carbons (Fsp3) is 0.700. The van der Waals surface area contributed by atoms with Crippen molar-refractivity contribution in [3.63, 3.8) is 0 Å². The number of ether oxygens (including phenoxy) is 1. The summed E-state index contributed by atoms with van der Waals surface area (Å²) in [5.74, 6) is -0.145. The molecule has 0 amide bonds. The zero-order valence-electron chi connectivity index (χ0n) is 10.6. The summed E-state index contributed by atoms with van der Waals surface area (Å²) in [6.45, 7) is 5.24. The van der Waals surface area contributed by atoms with Crippen LogP contribution in [0.25, 0.3) is 0 Å². The Morgan fingerprint density at radius 1 is 1.18 bits per heavy atom. The average Bonchev–Trinajstić information content (AvgIpc) is 2.17. The topological polar surface area (TPSA) is 54.0 Å². The first-order chi connectivity index (χ1) is 7.97. The minimum Gasteiger partial charge on any atom is -0.463 e. The van der Waals surface area contributed by atoms with Gasteiger partial charge in [-0.05, 0) is 27.7 Å². The molecule has 0 saturated heterocycles. The lowest BCUT2D eigenvalue weighted by molar-refractivity contribution is -0.137. The summed E-state index contributed by atoms with van der Waals surface area (Å²) in [7, 11) is 0. The molecule has 0 rings (SSSR count). The lowest BCUT2D eigenvalue weighted by Crippen LogP contribution is -2.03. The molecule has 0 aliphatic heterocycles. The molecule has 0 aromatic heterocycles. The van der Waals surface area contributed by atoms with Crippen LogP contribution in [-0.2, 0) is 34.9 Å². The molecule has 0 atom stereocenters. The average molecular weight is 282 g/mol. The number of allylic oxidation sites excluding steroid dienone is 1. The van der Waals surface area contributed by atoms with E-state index >= 15 is 0 Å². The van der Waals surface area contributed by atoms with Crippen molar-refractivity contribution in [2.24, 2.45) is 0 Å². The second-order valence-electron chi connectivity index (χ2n) is 2.88. The van der Waals surface area contributed by atoms with Gasteiger partial charge in [0.15, 0.2) is 0 Å². The molecule has 17 heavy (non-hydrogen) atoms. The van der Waals surface area contributed by atoms with Crippen molar-refractivity contribution in [3.05, 3.63) is 11.8 Å². The van der Waals surface area contributed by atoms with Crippen LogP contribution in [0.4, 0.5) is 0 Å². The quantitative estimate of drug-likeness (QED) is 0.295. The van der Waals surface area contributed by atoms with E-state index in [2.05, 4.69) is 0 Å². The van der Waals surface area contributed by atoms with Crippen LogP contribution in [0.2, 0.25) is 0 Å². The first-order valence-electron chi connectivity index (χ1n) is 5.41. The van der Waals surface area contributed by atoms with Crippen LogP contribution in [0.1, 0.15) is 27.7 Å². The summed E-state index contributed by atoms with van der Waals surface area (Å²) in [6, 6.07) is 0. The van der Waals surface area contributed by atoms with Gasteiger partial charge in [0, 0.05) is 11.8 Å². The smallest absolute Gasteiger partial charge is 0.380 e. The molecule has 0 aliphatic rings. The van der Waals surface area contributed by atoms with E-state index in [1.807, 2.05) is 0 Å². The van der Waals surface area contributed by atoms with Crippen LogP contribution in [-0.4, -0.2) is 25.8 Å². The minimum absolute atomic E-state index is 0.313. The first kappa shape index (κ1) is 16.6. The van der Waals surface area contributed by atoms with E-state index in [0.717, 1.165) is 0 Å². The summed E-state index contributed by atoms with van der Waals surface area (Å²) < 4.78 is 20.7. The summed E-state index contributed by atoms with van der Waals surface area (Å²) in [5, 5.41) is 0. The van der Waals surface area contributed by atoms with Gasteiger partial charge in [-0.3, -0.25) is 9.05 Å². The molecule has 100 valence electrons. The van der Waals surface area contributed by atoms with Gasteiger partial charge in [-0.25, -0.2) is 4.79 Å². The van der Waals surface area contributed by atoms with E-state index in [-0.39, 0.29) is 0 Å². The molecule has 0 unspecified atom stereocenters. The van der Waals surface area contributed by atoms with Crippen molar-refractivity contribution in [2.45, 2.75) is 27.7 Å². The molecule has 0 aromatic rings. The predicted molar refractivity (Wildman–Crippen MR) is 69.0 cm³/mol. The first-order valence-corrected chi connectivity index (χ1v) is 7.96. The van der Waals surface area contributed by atoms with Crippen molar-refractivity contribution in [3.8, 4) is 0 Å². The van der Waals surface area contributed by atoms with Gasteiger partial charge in [0.1, 0.15) is 5.76 Å². The third-order valence-corrected chi connectivity index (χ3v) is 3.95. The van der Waals surface area contributed by atoms with Crippen LogP contribution in [0, 0.1) is 0 Å². The molecule has 0 bridgehead atoms. The van der Waals surface area contributed by atoms with Crippen molar-refractivity contribution in [1.29, 1.82) is 0 Å². The van der Waals surface area contributed by atoms with Crippen LogP contribution in [0.15, 0.2) is 11.8 Å². The third-order valence-electron chi connectivity index (χ3n) is 1.44. The Morgan fingerprint density at radius 2 is 1.71 bits per heavy atom. The Labute approximate surface area is 107 Å². The van der Waals surface area contributed by atoms with Crippen molar-refractivity contribution in [1.82, 2.24) is 0 Å². The van der Waals surface area contributed by atoms with Gasteiger partial charge in [-0.1, -0.05) is 0 Å². The van der Waals surface area contributed by atoms with Gasteiger partial charge < -0.3 is 9.26 Å². The molecular formula is C10H19O5PS. The number of hydrogen-bond donors (Lipinski definition) is 0. The highest BCUT2D eigenvalue weighted by molar-refractivity contribution is 8.07. The van der Waals surface area contributed by atoms with E-state index < -0.39 is 12.7 Å². The minimum atomic E-state index is -2.79. The molecule has 0 fully saturated rings. The van der Waals surface area contributed by atoms with E-state index in [9.17, 15) is 4.79 Å². The highest BCUT2D eigenvalue weighted by Gasteiger charge is 2.21. The number of carbonyl (C=O) groups excluding carboxylic acids is 1. The number of hydrogen-bond acceptors (Lipinski definition) is 6. The zero-order valence-corrected chi connectivity index (χ0v) is 12.3. The van der Waals surface area contributed by atoms with E-state index in [0.29, 0.717) is 25.6 Å². The van der Waals surface area contributed by atoms with Gasteiger partial charge in [0.2, 0.25) is 0 Å². The van der Waals surface area contributed by atoms with Gasteiger partial charge in [0.05, 0.1) is 25.9 Å². The Hall–Kier alpha value is -0.420. The van der Waals surface area contributed by atoms with Gasteiger partial charge in [0.25, 0.3) is 0 Å². The number of esters is 1. The predicted octanol–water partition coefficient (Wildman–Crippen LogP) is 2.77. The Kier molecular flexibility index (Phi) is 8.43. The molecule has 0 heterocycles. The van der Waals surface area contributed by atoms with Crippen molar-refractivity contribution in [2.75, 3.05) is 19.8 Å². The maximum absolute atomic E-state index is 11.2. The maximum Gasteiger partial charge on any atom is 0.380 e. The highest BCUT2D eigenvalue weighted by Crippen LogP contribution is 2.51. The largest absolute Gasteiger partial charge is 0.463 e. The van der Waals surface area contributed by atoms with Gasteiger partial charge in [-0.2, -0.15) is 0 Å². The van der Waals surface area contributed by atoms with E-state index in [4.69, 9.17) is 30.1 Å². The molecule has 0 N–H and O–H groups in total. The standard InChI is InChI=1S/C10H19O5PS/c1-5-12-10(11)8-9(4)15-16(17,13-6-2)14-7-3/h8H,5-7H2,1-4H3/b9-8+. The molecule has 0 spiro atoms. The summed E-state index contributed by atoms with van der Waals surface area (Å²) in [6.07, 6.45) is 1.22. The number of rotatable bonds is 8. The van der Waals surface area contributed by atoms with Crippen LogP contribution >= 0.6 is 6.72 Å². The van der Waals surface area contributed by atoms with E-state index in [1.54, 1.807) is 27.7 Å². The summed E-state index contributed by atoms with van der Waals surface area (Å²) in [4.78, 5) is 11.2. The van der Waals surface area contributed by atoms with Gasteiger partial charge >= 0.3 is 12.7 Å². The Bertz CT molecular complexity index is 306. The SMILES string of the molecule is CCOC(=O)/C=C(\C)OP(=S)(OCC)OCC. The highest BCUT2D eigenvalue weighted by atomic mass is 32.5. The molecule has 5 nitrogen and oxygen atoms in total. The van der Waals surface area contributed by atoms with Crippen molar-refractivity contribution < 1.29 is 23.1 Å². The molecule has 0 radical (unpaired) electrons. The second-order valence-corrected chi connectivity index (χ2v) is 5.82. The molecule has 0 saturated carbocycles. The van der Waals surface area contributed by atoms with Crippen LogP contribution in [0.3, 0.4) is 0 Å². The van der Waals surface area contributed by atoms with Crippen LogP contribution in [0.5, 0.6) is 0 Å².